The maximum atomic E-state index is 14.1. The quantitative estimate of drug-likeness (QED) is 0.0799. The van der Waals surface area contributed by atoms with E-state index in [9.17, 15) is 19.4 Å². The monoisotopic (exact) mass is 813 g/mol. The van der Waals surface area contributed by atoms with Crippen molar-refractivity contribution in [3.8, 4) is 12.1 Å². The fourth-order valence-electron chi connectivity index (χ4n) is 5.32. The molecular weight excluding hydrogens is 756 g/mol. The Morgan fingerprint density at radius 2 is 1.76 bits per heavy atom. The Balaban J connectivity index is 2.22. The third-order valence-electron chi connectivity index (χ3n) is 9.09. The summed E-state index contributed by atoms with van der Waals surface area (Å²) in [5.41, 5.74) is -0.470. The molecule has 2 aromatic heterocycles. The highest BCUT2D eigenvalue weighted by molar-refractivity contribution is 7.51. The Hall–Kier alpha value is -2.64. The first-order valence-electron chi connectivity index (χ1n) is 18.0. The van der Waals surface area contributed by atoms with Gasteiger partial charge in [-0.1, -0.05) is 34.6 Å². The second kappa shape index (κ2) is 19.5. The molecule has 2 aromatic rings. The van der Waals surface area contributed by atoms with Gasteiger partial charge in [-0.3, -0.25) is 29.0 Å². The summed E-state index contributed by atoms with van der Waals surface area (Å²) < 4.78 is 55.3. The minimum atomic E-state index is -4.09. The molecule has 0 spiro atoms. The molecule has 2 unspecified atom stereocenters. The molecule has 1 saturated heterocycles. The summed E-state index contributed by atoms with van der Waals surface area (Å²) in [7, 11) is -7.23. The first-order chi connectivity index (χ1) is 25.2. The van der Waals surface area contributed by atoms with Crippen LogP contribution >= 0.6 is 16.3 Å². The van der Waals surface area contributed by atoms with Crippen molar-refractivity contribution in [3.05, 3.63) is 16.7 Å². The number of rotatable bonds is 20. The minimum absolute atomic E-state index is 0.00208. The van der Waals surface area contributed by atoms with Gasteiger partial charge in [-0.2, -0.15) is 15.5 Å². The van der Waals surface area contributed by atoms with Crippen LogP contribution in [0.5, 0.6) is 0 Å². The number of nitrogens with zero attached hydrogens (tertiary/aromatic N) is 6. The van der Waals surface area contributed by atoms with Crippen molar-refractivity contribution in [3.63, 3.8) is 0 Å². The predicted octanol–water partition coefficient (Wildman–Crippen LogP) is 5.94. The van der Waals surface area contributed by atoms with Crippen LogP contribution in [0.2, 0.25) is 18.1 Å². The SMILES string of the molecule is COP(=O)(N[C@H]1[C@@H](O[Si](C)(C)C(C)(C)C)[C@H](n2cnc3c(=O)[nH]c(NC(=O)C(C)C)nc32)O[C@@H]1COP(OCCC#N)N(C(C)C)C(C)C)OCCC#N. The molecule has 1 fully saturated rings. The third kappa shape index (κ3) is 11.5. The van der Waals surface area contributed by atoms with Crippen molar-refractivity contribution in [2.75, 3.05) is 32.2 Å². The lowest BCUT2D eigenvalue weighted by Gasteiger charge is -2.41. The average molecular weight is 814 g/mol. The molecule has 3 heterocycles. The predicted molar refractivity (Wildman–Crippen MR) is 206 cm³/mol. The Labute approximate surface area is 320 Å². The normalized spacial score (nSPS) is 21.1. The van der Waals surface area contributed by atoms with Crippen LogP contribution in [-0.2, 0) is 36.6 Å². The van der Waals surface area contributed by atoms with E-state index in [4.69, 9.17) is 32.5 Å². The van der Waals surface area contributed by atoms with Gasteiger partial charge in [-0.05, 0) is 45.8 Å². The van der Waals surface area contributed by atoms with E-state index in [0.29, 0.717) is 0 Å². The number of aromatic amines is 1. The van der Waals surface area contributed by atoms with Crippen molar-refractivity contribution in [1.29, 1.82) is 10.5 Å². The number of hydrogen-bond donors (Lipinski definition) is 3. The van der Waals surface area contributed by atoms with E-state index in [1.165, 1.54) is 13.4 Å². The maximum absolute atomic E-state index is 14.1. The van der Waals surface area contributed by atoms with E-state index < -0.39 is 54.6 Å². The molecule has 18 nitrogen and oxygen atoms in total. The Morgan fingerprint density at radius 1 is 1.13 bits per heavy atom. The van der Waals surface area contributed by atoms with Gasteiger partial charge in [0.2, 0.25) is 11.9 Å². The Bertz CT molecular complexity index is 1750. The number of nitriles is 2. The number of aromatic nitrogens is 4. The second-order valence-electron chi connectivity index (χ2n) is 15.2. The van der Waals surface area contributed by atoms with Crippen LogP contribution in [0.4, 0.5) is 5.95 Å². The summed E-state index contributed by atoms with van der Waals surface area (Å²) in [6.45, 7) is 21.7. The van der Waals surface area contributed by atoms with Gasteiger partial charge in [-0.15, -0.1) is 0 Å². The van der Waals surface area contributed by atoms with Crippen molar-refractivity contribution < 1.29 is 36.6 Å². The van der Waals surface area contributed by atoms with Crippen molar-refractivity contribution in [2.24, 2.45) is 5.92 Å². The van der Waals surface area contributed by atoms with E-state index in [1.807, 2.05) is 33.8 Å². The van der Waals surface area contributed by atoms with Gasteiger partial charge in [0.25, 0.3) is 14.1 Å². The number of fused-ring (bicyclic) bond motifs is 1. The Kier molecular flexibility index (Phi) is 16.5. The van der Waals surface area contributed by atoms with Crippen LogP contribution in [0.3, 0.4) is 0 Å². The molecule has 0 aromatic carbocycles. The van der Waals surface area contributed by atoms with Gasteiger partial charge in [-0.25, -0.2) is 19.3 Å². The van der Waals surface area contributed by atoms with Gasteiger partial charge in [0.1, 0.15) is 12.2 Å². The second-order valence-corrected chi connectivity index (χ2v) is 23.3. The fourth-order valence-corrected chi connectivity index (χ4v) is 9.53. The van der Waals surface area contributed by atoms with E-state index in [1.54, 1.807) is 18.4 Å². The molecule has 54 heavy (non-hydrogen) atoms. The molecule has 1 amide bonds. The van der Waals surface area contributed by atoms with Gasteiger partial charge in [0.15, 0.2) is 25.7 Å². The third-order valence-corrected chi connectivity index (χ3v) is 17.3. The number of carbonyl (C=O) groups excluding carboxylic acids is 1. The number of anilines is 1. The summed E-state index contributed by atoms with van der Waals surface area (Å²) in [5, 5.41) is 23.8. The number of imidazole rings is 1. The smallest absolute Gasteiger partial charge is 0.405 e. The zero-order chi connectivity index (χ0) is 40.6. The van der Waals surface area contributed by atoms with Crippen LogP contribution in [0, 0.1) is 28.6 Å². The van der Waals surface area contributed by atoms with Crippen molar-refractivity contribution >= 4 is 47.6 Å². The van der Waals surface area contributed by atoms with E-state index in [2.05, 4.69) is 70.0 Å². The van der Waals surface area contributed by atoms with Gasteiger partial charge < -0.3 is 22.7 Å². The van der Waals surface area contributed by atoms with E-state index in [0.717, 1.165) is 0 Å². The van der Waals surface area contributed by atoms with Crippen molar-refractivity contribution in [1.82, 2.24) is 29.3 Å². The molecule has 1 aliphatic heterocycles. The Morgan fingerprint density at radius 3 is 2.31 bits per heavy atom. The maximum Gasteiger partial charge on any atom is 0.405 e. The molecule has 0 saturated carbocycles. The topological polar surface area (TPSA) is 228 Å². The molecule has 0 radical (unpaired) electrons. The summed E-state index contributed by atoms with van der Waals surface area (Å²) in [4.78, 5) is 37.3. The minimum Gasteiger partial charge on any atom is -0.408 e. The lowest BCUT2D eigenvalue weighted by Crippen LogP contribution is -2.52. The summed E-state index contributed by atoms with van der Waals surface area (Å²) in [6, 6.07) is 3.18. The average Bonchev–Trinajstić information content (AvgIpc) is 3.63. The van der Waals surface area contributed by atoms with Gasteiger partial charge in [0, 0.05) is 25.1 Å². The van der Waals surface area contributed by atoms with Crippen LogP contribution in [0.1, 0.15) is 81.4 Å². The van der Waals surface area contributed by atoms with Gasteiger partial charge in [0.05, 0.1) is 57.2 Å². The number of carbonyl (C=O) groups is 1. The largest absolute Gasteiger partial charge is 0.408 e. The standard InChI is InChI=1S/C33H57N9O9P2Si/c1-21(2)29(43)38-32-37-28-26(30(44)39-32)36-20-41(28)31-27(51-54(11,12)33(7,8)9)25(40-53(45,46-10)49-18-14-16-35)24(50-31)19-48-52(47-17-13-15-34)42(22(3)4)23(5)6/h20-25,27,31H,13-14,17-19H2,1-12H3,(H,40,45)(H2,37,38,39,43,44)/t24-,25-,27-,31-,52?,53?/m1/s1. The molecule has 1 aliphatic rings. The number of amides is 1. The lowest BCUT2D eigenvalue weighted by atomic mass is 10.1. The van der Waals surface area contributed by atoms with Gasteiger partial charge >= 0.3 is 7.75 Å². The fraction of sp³-hybridized carbons (Fsp3) is 0.758. The van der Waals surface area contributed by atoms with Crippen molar-refractivity contribution in [2.45, 2.75) is 130 Å². The number of ether oxygens (including phenoxy) is 1. The summed E-state index contributed by atoms with van der Waals surface area (Å²) in [6.07, 6.45) is -1.32. The highest BCUT2D eigenvalue weighted by Crippen LogP contribution is 2.51. The molecule has 3 rings (SSSR count). The highest BCUT2D eigenvalue weighted by Gasteiger charge is 2.53. The number of hydrogen-bond acceptors (Lipinski definition) is 14. The number of nitrogens with one attached hydrogen (secondary N) is 3. The lowest BCUT2D eigenvalue weighted by molar-refractivity contribution is -0.118. The molecule has 302 valence electrons. The molecule has 3 N–H and O–H groups in total. The highest BCUT2D eigenvalue weighted by atomic mass is 31.2. The molecule has 0 bridgehead atoms. The first kappa shape index (κ1) is 45.7. The molecule has 21 heteroatoms. The van der Waals surface area contributed by atoms with E-state index in [-0.39, 0.29) is 78.7 Å². The van der Waals surface area contributed by atoms with Crippen LogP contribution in [-0.4, -0.2) is 95.7 Å². The van der Waals surface area contributed by atoms with Crippen LogP contribution < -0.4 is 16.0 Å². The summed E-state index contributed by atoms with van der Waals surface area (Å²) >= 11 is 0. The number of H-pyrrole nitrogens is 1. The van der Waals surface area contributed by atoms with E-state index >= 15 is 0 Å². The van der Waals surface area contributed by atoms with Crippen LogP contribution in [0.25, 0.3) is 11.2 Å². The molecule has 6 atom stereocenters. The first-order valence-corrected chi connectivity index (χ1v) is 23.6. The molecular formula is C33H57N9O9P2Si. The zero-order valence-electron chi connectivity index (χ0n) is 33.4. The zero-order valence-corrected chi connectivity index (χ0v) is 36.2. The summed E-state index contributed by atoms with van der Waals surface area (Å²) in [5.74, 6) is -0.800. The van der Waals surface area contributed by atoms with Crippen LogP contribution in [0.15, 0.2) is 11.1 Å². The molecule has 0 aliphatic carbocycles.